The summed E-state index contributed by atoms with van der Waals surface area (Å²) in [6.07, 6.45) is 6.95. The molecule has 1 aliphatic heterocycles. The van der Waals surface area contributed by atoms with Gasteiger partial charge in [-0.25, -0.2) is 0 Å². The van der Waals surface area contributed by atoms with Gasteiger partial charge in [0.05, 0.1) is 11.5 Å². The van der Waals surface area contributed by atoms with Crippen LogP contribution in [0.3, 0.4) is 0 Å². The Morgan fingerprint density at radius 1 is 1.23 bits per heavy atom. The molecule has 0 aliphatic carbocycles. The fourth-order valence-electron chi connectivity index (χ4n) is 3.43. The number of unbranched alkanes of at least 4 members (excludes halogenated alkanes) is 3. The van der Waals surface area contributed by atoms with Crippen LogP contribution >= 0.6 is 0 Å². The van der Waals surface area contributed by atoms with Crippen LogP contribution in [0, 0.1) is 5.92 Å². The van der Waals surface area contributed by atoms with Crippen LogP contribution in [0.15, 0.2) is 18.2 Å². The molecule has 2 N–H and O–H groups in total. The minimum Gasteiger partial charge on any atom is -0.507 e. The molecule has 144 valence electrons. The van der Waals surface area contributed by atoms with Crippen molar-refractivity contribution in [3.63, 3.8) is 0 Å². The molecule has 0 aromatic heterocycles. The number of carbonyl (C=O) groups excluding carboxylic acids is 2. The number of phenolic OH excluding ortho intramolecular Hbond substituents is 1. The largest absolute Gasteiger partial charge is 0.507 e. The van der Waals surface area contributed by atoms with E-state index in [9.17, 15) is 14.7 Å². The lowest BCUT2D eigenvalue weighted by Gasteiger charge is -2.32. The Morgan fingerprint density at radius 2 is 2.04 bits per heavy atom. The first-order valence-electron chi connectivity index (χ1n) is 9.95. The Labute approximate surface area is 156 Å². The molecule has 0 spiro atoms. The molecule has 1 unspecified atom stereocenters. The maximum Gasteiger partial charge on any atom is 0.257 e. The number of piperidine rings is 1. The predicted octanol–water partition coefficient (Wildman–Crippen LogP) is 3.50. The van der Waals surface area contributed by atoms with Crippen LogP contribution in [0.4, 0.5) is 0 Å². The monoisotopic (exact) mass is 360 g/mol. The second-order valence-corrected chi connectivity index (χ2v) is 7.15. The van der Waals surface area contributed by atoms with Gasteiger partial charge in [-0.15, -0.1) is 0 Å². The first-order valence-corrected chi connectivity index (χ1v) is 9.95. The minimum absolute atomic E-state index is 0.00898. The Morgan fingerprint density at radius 3 is 2.77 bits per heavy atom. The van der Waals surface area contributed by atoms with Gasteiger partial charge in [-0.3, -0.25) is 9.59 Å². The van der Waals surface area contributed by atoms with Crippen LogP contribution < -0.4 is 5.32 Å². The van der Waals surface area contributed by atoms with Crippen molar-refractivity contribution in [3.05, 3.63) is 29.3 Å². The third-order valence-electron chi connectivity index (χ3n) is 5.11. The van der Waals surface area contributed by atoms with Gasteiger partial charge in [0.1, 0.15) is 5.75 Å². The molecule has 1 heterocycles. The summed E-state index contributed by atoms with van der Waals surface area (Å²) in [7, 11) is 0. The van der Waals surface area contributed by atoms with Crippen molar-refractivity contribution in [2.45, 2.75) is 58.8 Å². The number of nitrogens with one attached hydrogen (secondary N) is 1. The summed E-state index contributed by atoms with van der Waals surface area (Å²) < 4.78 is 0. The van der Waals surface area contributed by atoms with E-state index in [4.69, 9.17) is 0 Å². The van der Waals surface area contributed by atoms with Gasteiger partial charge in [-0.1, -0.05) is 39.2 Å². The molecule has 1 aromatic rings. The number of phenols is 1. The van der Waals surface area contributed by atoms with Crippen molar-refractivity contribution in [2.24, 2.45) is 5.92 Å². The van der Waals surface area contributed by atoms with E-state index in [0.717, 1.165) is 37.7 Å². The van der Waals surface area contributed by atoms with Crippen LogP contribution in [-0.4, -0.2) is 41.5 Å². The van der Waals surface area contributed by atoms with E-state index in [-0.39, 0.29) is 23.5 Å². The van der Waals surface area contributed by atoms with Gasteiger partial charge >= 0.3 is 0 Å². The fraction of sp³-hybridized carbons (Fsp3) is 0.619. The van der Waals surface area contributed by atoms with E-state index in [1.807, 2.05) is 13.0 Å². The first-order chi connectivity index (χ1) is 12.6. The Hall–Kier alpha value is -2.04. The number of hydrogen-bond donors (Lipinski definition) is 2. The van der Waals surface area contributed by atoms with E-state index in [2.05, 4.69) is 12.2 Å². The summed E-state index contributed by atoms with van der Waals surface area (Å²) in [6.45, 7) is 5.95. The number of carbonyl (C=O) groups is 2. The normalized spacial score (nSPS) is 17.2. The molecule has 5 nitrogen and oxygen atoms in total. The number of amides is 2. The summed E-state index contributed by atoms with van der Waals surface area (Å²) in [6, 6.07) is 5.17. The third-order valence-corrected chi connectivity index (χ3v) is 5.11. The van der Waals surface area contributed by atoms with Crippen molar-refractivity contribution in [1.82, 2.24) is 10.2 Å². The molecule has 1 fully saturated rings. The van der Waals surface area contributed by atoms with Crippen LogP contribution in [-0.2, 0) is 11.2 Å². The molecule has 0 saturated carbocycles. The lowest BCUT2D eigenvalue weighted by atomic mass is 9.96. The van der Waals surface area contributed by atoms with E-state index < -0.39 is 0 Å². The molecule has 1 aliphatic rings. The number of likely N-dealkylation sites (tertiary alicyclic amines) is 1. The van der Waals surface area contributed by atoms with E-state index >= 15 is 0 Å². The Bertz CT molecular complexity index is 615. The number of benzene rings is 1. The number of rotatable bonds is 8. The van der Waals surface area contributed by atoms with E-state index in [0.29, 0.717) is 25.2 Å². The van der Waals surface area contributed by atoms with Gasteiger partial charge in [-0.05, 0) is 43.4 Å². The summed E-state index contributed by atoms with van der Waals surface area (Å²) in [4.78, 5) is 26.9. The molecule has 2 amide bonds. The molecule has 0 bridgehead atoms. The van der Waals surface area contributed by atoms with Crippen molar-refractivity contribution in [3.8, 4) is 5.75 Å². The van der Waals surface area contributed by atoms with Gasteiger partial charge in [0.25, 0.3) is 5.91 Å². The summed E-state index contributed by atoms with van der Waals surface area (Å²) in [5, 5.41) is 13.1. The van der Waals surface area contributed by atoms with Crippen molar-refractivity contribution < 1.29 is 14.7 Å². The highest BCUT2D eigenvalue weighted by Gasteiger charge is 2.29. The van der Waals surface area contributed by atoms with Gasteiger partial charge in [0, 0.05) is 19.6 Å². The summed E-state index contributed by atoms with van der Waals surface area (Å²) >= 11 is 0. The number of aryl methyl sites for hydroxylation is 1. The predicted molar refractivity (Wildman–Crippen MR) is 103 cm³/mol. The molecule has 5 heteroatoms. The molecule has 26 heavy (non-hydrogen) atoms. The zero-order valence-corrected chi connectivity index (χ0v) is 16.1. The van der Waals surface area contributed by atoms with Gasteiger partial charge in [0.15, 0.2) is 0 Å². The van der Waals surface area contributed by atoms with Crippen molar-refractivity contribution in [1.29, 1.82) is 0 Å². The number of nitrogens with zero attached hydrogens (tertiary/aromatic N) is 1. The number of hydrogen-bond acceptors (Lipinski definition) is 3. The molecule has 1 aromatic carbocycles. The standard InChI is InChI=1S/C21H32N2O3/c1-3-5-6-7-12-22-20(25)17-9-8-13-23(15-17)21(26)18-14-16(4-2)10-11-19(18)24/h10-11,14,17,24H,3-9,12-13,15H2,1-2H3,(H,22,25). The maximum absolute atomic E-state index is 12.8. The minimum atomic E-state index is -0.182. The topological polar surface area (TPSA) is 69.6 Å². The smallest absolute Gasteiger partial charge is 0.257 e. The molecular weight excluding hydrogens is 328 g/mol. The zero-order chi connectivity index (χ0) is 18.9. The second-order valence-electron chi connectivity index (χ2n) is 7.15. The average molecular weight is 360 g/mol. The molecule has 0 radical (unpaired) electrons. The third kappa shape index (κ3) is 5.48. The zero-order valence-electron chi connectivity index (χ0n) is 16.1. The lowest BCUT2D eigenvalue weighted by Crippen LogP contribution is -2.45. The molecule has 2 rings (SSSR count). The second kappa shape index (κ2) is 10.2. The van der Waals surface area contributed by atoms with Crippen LogP contribution in [0.25, 0.3) is 0 Å². The Kier molecular flexibility index (Phi) is 7.95. The quantitative estimate of drug-likeness (QED) is 0.697. The fourth-order valence-corrected chi connectivity index (χ4v) is 3.43. The van der Waals surface area contributed by atoms with Gasteiger partial charge in [0.2, 0.25) is 5.91 Å². The van der Waals surface area contributed by atoms with Crippen LogP contribution in [0.5, 0.6) is 5.75 Å². The molecular formula is C21H32N2O3. The highest BCUT2D eigenvalue weighted by molar-refractivity contribution is 5.97. The summed E-state index contributed by atoms with van der Waals surface area (Å²) in [5.74, 6) is -0.283. The van der Waals surface area contributed by atoms with Gasteiger partial charge in [-0.2, -0.15) is 0 Å². The summed E-state index contributed by atoms with van der Waals surface area (Å²) in [5.41, 5.74) is 1.36. The molecule has 1 atom stereocenters. The Balaban J connectivity index is 1.93. The SMILES string of the molecule is CCCCCCNC(=O)C1CCCN(C(=O)c2cc(CC)ccc2O)C1. The van der Waals surface area contributed by atoms with Crippen molar-refractivity contribution >= 4 is 11.8 Å². The molecule has 1 saturated heterocycles. The highest BCUT2D eigenvalue weighted by Crippen LogP contribution is 2.24. The average Bonchev–Trinajstić information content (AvgIpc) is 2.67. The first kappa shape index (κ1) is 20.3. The highest BCUT2D eigenvalue weighted by atomic mass is 16.3. The van der Waals surface area contributed by atoms with Crippen molar-refractivity contribution in [2.75, 3.05) is 19.6 Å². The lowest BCUT2D eigenvalue weighted by molar-refractivity contribution is -0.126. The number of aromatic hydroxyl groups is 1. The maximum atomic E-state index is 12.8. The van der Waals surface area contributed by atoms with Crippen LogP contribution in [0.1, 0.15) is 68.3 Å². The van der Waals surface area contributed by atoms with Gasteiger partial charge < -0.3 is 15.3 Å². The van der Waals surface area contributed by atoms with E-state index in [1.165, 1.54) is 12.8 Å². The van der Waals surface area contributed by atoms with E-state index in [1.54, 1.807) is 17.0 Å². The van der Waals surface area contributed by atoms with Crippen LogP contribution in [0.2, 0.25) is 0 Å².